The van der Waals surface area contributed by atoms with Crippen molar-refractivity contribution in [2.45, 2.75) is 0 Å². The largest absolute Gasteiger partial charge is 0.503 e. The highest BCUT2D eigenvalue weighted by Crippen LogP contribution is 2.27. The minimum atomic E-state index is -0.0750. The van der Waals surface area contributed by atoms with Gasteiger partial charge in [-0.1, -0.05) is 18.2 Å². The van der Waals surface area contributed by atoms with Gasteiger partial charge in [0.25, 0.3) is 0 Å². The minimum Gasteiger partial charge on any atom is -0.503 e. The SMILES string of the molecule is Oc1cnc(Cl)nc1Nc1ccc(Oc2ccccc2)cc1. The molecule has 0 fully saturated rings. The fourth-order valence-electron chi connectivity index (χ4n) is 1.81. The predicted octanol–water partition coefficient (Wildman–Crippen LogP) is 4.37. The van der Waals surface area contributed by atoms with Crippen molar-refractivity contribution in [1.29, 1.82) is 0 Å². The van der Waals surface area contributed by atoms with Crippen LogP contribution in [-0.4, -0.2) is 15.1 Å². The summed E-state index contributed by atoms with van der Waals surface area (Å²) in [5.74, 6) is 1.65. The molecule has 0 unspecified atom stereocenters. The van der Waals surface area contributed by atoms with Crippen molar-refractivity contribution >= 4 is 23.1 Å². The Kier molecular flexibility index (Phi) is 4.07. The normalized spacial score (nSPS) is 10.2. The molecular weight excluding hydrogens is 302 g/mol. The number of aromatic hydroxyl groups is 1. The topological polar surface area (TPSA) is 67.3 Å². The molecule has 3 aromatic rings. The average molecular weight is 314 g/mol. The van der Waals surface area contributed by atoms with E-state index in [0.717, 1.165) is 11.4 Å². The number of ether oxygens (including phenoxy) is 1. The second-order valence-corrected chi connectivity index (χ2v) is 4.78. The van der Waals surface area contributed by atoms with E-state index < -0.39 is 0 Å². The van der Waals surface area contributed by atoms with E-state index in [9.17, 15) is 5.11 Å². The van der Waals surface area contributed by atoms with Crippen molar-refractivity contribution in [3.63, 3.8) is 0 Å². The smallest absolute Gasteiger partial charge is 0.224 e. The number of hydrogen-bond acceptors (Lipinski definition) is 5. The van der Waals surface area contributed by atoms with Crippen LogP contribution in [0.15, 0.2) is 60.8 Å². The second-order valence-electron chi connectivity index (χ2n) is 4.44. The van der Waals surface area contributed by atoms with E-state index in [4.69, 9.17) is 16.3 Å². The molecule has 2 N–H and O–H groups in total. The van der Waals surface area contributed by atoms with Gasteiger partial charge in [-0.25, -0.2) is 4.98 Å². The molecule has 0 saturated heterocycles. The molecule has 3 rings (SSSR count). The lowest BCUT2D eigenvalue weighted by Crippen LogP contribution is -1.95. The summed E-state index contributed by atoms with van der Waals surface area (Å²) in [7, 11) is 0. The molecule has 0 saturated carbocycles. The summed E-state index contributed by atoms with van der Waals surface area (Å²) in [6, 6.07) is 16.8. The predicted molar refractivity (Wildman–Crippen MR) is 84.9 cm³/mol. The Hall–Kier alpha value is -2.79. The molecule has 0 radical (unpaired) electrons. The van der Waals surface area contributed by atoms with Gasteiger partial charge in [0.1, 0.15) is 11.5 Å². The number of hydrogen-bond donors (Lipinski definition) is 2. The van der Waals surface area contributed by atoms with Gasteiger partial charge in [-0.3, -0.25) is 0 Å². The monoisotopic (exact) mass is 313 g/mol. The molecule has 0 spiro atoms. The summed E-state index contributed by atoms with van der Waals surface area (Å²) < 4.78 is 5.70. The number of halogens is 1. The van der Waals surface area contributed by atoms with Crippen LogP contribution in [0.25, 0.3) is 0 Å². The van der Waals surface area contributed by atoms with Crippen molar-refractivity contribution in [2.24, 2.45) is 0 Å². The van der Waals surface area contributed by atoms with Crippen LogP contribution in [-0.2, 0) is 0 Å². The molecule has 0 aliphatic rings. The second kappa shape index (κ2) is 6.32. The molecule has 1 aromatic heterocycles. The van der Waals surface area contributed by atoms with Gasteiger partial charge in [0.05, 0.1) is 6.20 Å². The number of nitrogens with one attached hydrogen (secondary N) is 1. The molecule has 0 amide bonds. The van der Waals surface area contributed by atoms with Gasteiger partial charge in [0.15, 0.2) is 11.6 Å². The average Bonchev–Trinajstić information content (AvgIpc) is 2.54. The summed E-state index contributed by atoms with van der Waals surface area (Å²) in [5, 5.41) is 12.7. The highest BCUT2D eigenvalue weighted by atomic mass is 35.5. The van der Waals surface area contributed by atoms with Gasteiger partial charge < -0.3 is 15.2 Å². The highest BCUT2D eigenvalue weighted by Gasteiger charge is 2.05. The van der Waals surface area contributed by atoms with Crippen LogP contribution in [0.3, 0.4) is 0 Å². The fourth-order valence-corrected chi connectivity index (χ4v) is 1.95. The van der Waals surface area contributed by atoms with Gasteiger partial charge in [-0.2, -0.15) is 4.98 Å². The zero-order valence-corrected chi connectivity index (χ0v) is 12.2. The van der Waals surface area contributed by atoms with Crippen molar-refractivity contribution < 1.29 is 9.84 Å². The summed E-state index contributed by atoms with van der Waals surface area (Å²) in [6.07, 6.45) is 1.24. The van der Waals surface area contributed by atoms with Crippen LogP contribution in [0.2, 0.25) is 5.28 Å². The maximum absolute atomic E-state index is 9.67. The van der Waals surface area contributed by atoms with E-state index in [1.165, 1.54) is 6.20 Å². The van der Waals surface area contributed by atoms with Gasteiger partial charge in [0.2, 0.25) is 5.28 Å². The van der Waals surface area contributed by atoms with Crippen molar-refractivity contribution in [2.75, 3.05) is 5.32 Å². The van der Waals surface area contributed by atoms with Crippen molar-refractivity contribution in [3.05, 3.63) is 66.1 Å². The summed E-state index contributed by atoms with van der Waals surface area (Å²) in [5.41, 5.74) is 0.741. The molecule has 110 valence electrons. The van der Waals surface area contributed by atoms with E-state index in [2.05, 4.69) is 15.3 Å². The first-order valence-electron chi connectivity index (χ1n) is 6.52. The van der Waals surface area contributed by atoms with Crippen LogP contribution >= 0.6 is 11.6 Å². The number of nitrogens with zero attached hydrogens (tertiary/aromatic N) is 2. The molecule has 1 heterocycles. The highest BCUT2D eigenvalue weighted by molar-refractivity contribution is 6.28. The summed E-state index contributed by atoms with van der Waals surface area (Å²) >= 11 is 5.71. The van der Waals surface area contributed by atoms with Crippen LogP contribution in [0, 0.1) is 0 Å². The van der Waals surface area contributed by atoms with Crippen molar-refractivity contribution in [3.8, 4) is 17.2 Å². The van der Waals surface area contributed by atoms with Crippen LogP contribution < -0.4 is 10.1 Å². The lowest BCUT2D eigenvalue weighted by Gasteiger charge is -2.09. The van der Waals surface area contributed by atoms with Crippen LogP contribution in [0.5, 0.6) is 17.2 Å². The first-order chi connectivity index (χ1) is 10.7. The molecule has 0 aliphatic heterocycles. The lowest BCUT2D eigenvalue weighted by atomic mass is 10.3. The van der Waals surface area contributed by atoms with E-state index >= 15 is 0 Å². The van der Waals surface area contributed by atoms with Gasteiger partial charge in [-0.15, -0.1) is 0 Å². The van der Waals surface area contributed by atoms with Crippen molar-refractivity contribution in [1.82, 2.24) is 9.97 Å². The number of para-hydroxylation sites is 1. The van der Waals surface area contributed by atoms with E-state index in [1.54, 1.807) is 0 Å². The summed E-state index contributed by atoms with van der Waals surface area (Å²) in [4.78, 5) is 7.61. The fraction of sp³-hybridized carbons (Fsp3) is 0. The Morgan fingerprint density at radius 3 is 2.36 bits per heavy atom. The maximum Gasteiger partial charge on any atom is 0.224 e. The Labute approximate surface area is 132 Å². The van der Waals surface area contributed by atoms with E-state index in [1.807, 2.05) is 54.6 Å². The van der Waals surface area contributed by atoms with Crippen LogP contribution in [0.1, 0.15) is 0 Å². The van der Waals surface area contributed by atoms with Crippen LogP contribution in [0.4, 0.5) is 11.5 Å². The van der Waals surface area contributed by atoms with Gasteiger partial charge in [-0.05, 0) is 48.0 Å². The number of rotatable bonds is 4. The third-order valence-corrected chi connectivity index (χ3v) is 3.02. The first-order valence-corrected chi connectivity index (χ1v) is 6.90. The Bertz CT molecular complexity index is 764. The lowest BCUT2D eigenvalue weighted by molar-refractivity contribution is 0.472. The molecule has 2 aromatic carbocycles. The zero-order chi connectivity index (χ0) is 15.4. The van der Waals surface area contributed by atoms with E-state index in [0.29, 0.717) is 5.75 Å². The Balaban J connectivity index is 1.73. The molecule has 0 aliphatic carbocycles. The number of benzene rings is 2. The number of aromatic nitrogens is 2. The zero-order valence-electron chi connectivity index (χ0n) is 11.4. The third kappa shape index (κ3) is 3.45. The molecule has 22 heavy (non-hydrogen) atoms. The molecule has 6 heteroatoms. The van der Waals surface area contributed by atoms with E-state index in [-0.39, 0.29) is 16.9 Å². The quantitative estimate of drug-likeness (QED) is 0.700. The third-order valence-electron chi connectivity index (χ3n) is 2.84. The summed E-state index contributed by atoms with van der Waals surface area (Å²) in [6.45, 7) is 0. The molecule has 0 bridgehead atoms. The Morgan fingerprint density at radius 1 is 0.955 bits per heavy atom. The van der Waals surface area contributed by atoms with Gasteiger partial charge in [0, 0.05) is 5.69 Å². The Morgan fingerprint density at radius 2 is 1.64 bits per heavy atom. The minimum absolute atomic E-state index is 0.0596. The number of anilines is 2. The van der Waals surface area contributed by atoms with Gasteiger partial charge >= 0.3 is 0 Å². The molecule has 0 atom stereocenters. The standard InChI is InChI=1S/C16H12ClN3O2/c17-16-18-10-14(21)15(20-16)19-11-6-8-13(9-7-11)22-12-4-2-1-3-5-12/h1-10,21H,(H,18,19,20). The molecule has 5 nitrogen and oxygen atoms in total. The maximum atomic E-state index is 9.67. The first kappa shape index (κ1) is 14.2. The molecular formula is C16H12ClN3O2.